The summed E-state index contributed by atoms with van der Waals surface area (Å²) in [6.45, 7) is 1.42. The molecule has 0 aliphatic heterocycles. The molecule has 1 aromatic carbocycles. The third kappa shape index (κ3) is 3.45. The highest BCUT2D eigenvalue weighted by Crippen LogP contribution is 2.10. The van der Waals surface area contributed by atoms with Gasteiger partial charge in [-0.3, -0.25) is 9.59 Å². The second kappa shape index (κ2) is 5.84. The molecule has 0 atom stereocenters. The van der Waals surface area contributed by atoms with Crippen molar-refractivity contribution in [1.82, 2.24) is 10.2 Å². The van der Waals surface area contributed by atoms with Gasteiger partial charge in [0, 0.05) is 21.0 Å². The standard InChI is InChI=1S/C13H16N2O2/c1-10(16)15(3)12(13(17)14-2)9-11-7-5-4-6-8-11/h4-9H,1-3H3,(H,14,17)/b12-9-. The highest BCUT2D eigenvalue weighted by atomic mass is 16.2. The van der Waals surface area contributed by atoms with E-state index in [1.165, 1.54) is 18.9 Å². The number of rotatable bonds is 3. The fraction of sp³-hybridized carbons (Fsp3) is 0.231. The molecule has 0 spiro atoms. The number of nitrogens with zero attached hydrogens (tertiary/aromatic N) is 1. The molecule has 0 saturated heterocycles. The first kappa shape index (κ1) is 13.0. The SMILES string of the molecule is CNC(=O)/C(=C/c1ccccc1)N(C)C(C)=O. The highest BCUT2D eigenvalue weighted by molar-refractivity contribution is 6.00. The van der Waals surface area contributed by atoms with Gasteiger partial charge in [0.2, 0.25) is 5.91 Å². The van der Waals surface area contributed by atoms with Gasteiger partial charge in [0.05, 0.1) is 0 Å². The Hall–Kier alpha value is -2.10. The zero-order valence-corrected chi connectivity index (χ0v) is 10.2. The minimum Gasteiger partial charge on any atom is -0.354 e. The van der Waals surface area contributed by atoms with Crippen molar-refractivity contribution in [3.8, 4) is 0 Å². The van der Waals surface area contributed by atoms with E-state index in [1.807, 2.05) is 30.3 Å². The number of benzene rings is 1. The average molecular weight is 232 g/mol. The van der Waals surface area contributed by atoms with Crippen molar-refractivity contribution in [2.75, 3.05) is 14.1 Å². The lowest BCUT2D eigenvalue weighted by molar-refractivity contribution is -0.129. The lowest BCUT2D eigenvalue weighted by Crippen LogP contribution is -2.33. The van der Waals surface area contributed by atoms with E-state index in [4.69, 9.17) is 0 Å². The molecule has 90 valence electrons. The maximum absolute atomic E-state index is 11.7. The molecule has 0 heterocycles. The van der Waals surface area contributed by atoms with Crippen molar-refractivity contribution >= 4 is 17.9 Å². The number of carbonyl (C=O) groups is 2. The molecule has 0 aromatic heterocycles. The summed E-state index contributed by atoms with van der Waals surface area (Å²) >= 11 is 0. The van der Waals surface area contributed by atoms with E-state index in [0.717, 1.165) is 5.56 Å². The minimum atomic E-state index is -0.286. The Balaban J connectivity index is 3.11. The molecule has 4 heteroatoms. The largest absolute Gasteiger partial charge is 0.354 e. The van der Waals surface area contributed by atoms with Gasteiger partial charge in [-0.1, -0.05) is 30.3 Å². The first-order valence-electron chi connectivity index (χ1n) is 5.29. The second-order valence-corrected chi connectivity index (χ2v) is 3.60. The summed E-state index contributed by atoms with van der Waals surface area (Å²) in [5.41, 5.74) is 1.20. The topological polar surface area (TPSA) is 49.4 Å². The predicted octanol–water partition coefficient (Wildman–Crippen LogP) is 1.25. The molecule has 4 nitrogen and oxygen atoms in total. The lowest BCUT2D eigenvalue weighted by Gasteiger charge is -2.17. The zero-order valence-electron chi connectivity index (χ0n) is 10.2. The van der Waals surface area contributed by atoms with E-state index in [1.54, 1.807) is 13.1 Å². The van der Waals surface area contributed by atoms with Crippen molar-refractivity contribution in [2.24, 2.45) is 0 Å². The summed E-state index contributed by atoms with van der Waals surface area (Å²) in [5, 5.41) is 2.52. The van der Waals surface area contributed by atoms with E-state index >= 15 is 0 Å². The summed E-state index contributed by atoms with van der Waals surface area (Å²) in [6.07, 6.45) is 1.68. The molecule has 0 aliphatic carbocycles. The summed E-state index contributed by atoms with van der Waals surface area (Å²) in [5.74, 6) is -0.470. The number of amides is 2. The number of hydrogen-bond donors (Lipinski definition) is 1. The number of nitrogens with one attached hydrogen (secondary N) is 1. The molecule has 0 bridgehead atoms. The summed E-state index contributed by atoms with van der Waals surface area (Å²) in [4.78, 5) is 24.3. The van der Waals surface area contributed by atoms with E-state index in [-0.39, 0.29) is 11.8 Å². The smallest absolute Gasteiger partial charge is 0.267 e. The molecule has 1 N–H and O–H groups in total. The zero-order chi connectivity index (χ0) is 12.8. The van der Waals surface area contributed by atoms with Crippen LogP contribution in [0.1, 0.15) is 12.5 Å². The van der Waals surface area contributed by atoms with Crippen LogP contribution in [0.3, 0.4) is 0 Å². The third-order valence-electron chi connectivity index (χ3n) is 2.40. The second-order valence-electron chi connectivity index (χ2n) is 3.60. The first-order valence-corrected chi connectivity index (χ1v) is 5.29. The Bertz CT molecular complexity index is 438. The average Bonchev–Trinajstić information content (AvgIpc) is 2.35. The van der Waals surface area contributed by atoms with Crippen LogP contribution in [0, 0.1) is 0 Å². The van der Waals surface area contributed by atoms with Crippen LogP contribution < -0.4 is 5.32 Å². The van der Waals surface area contributed by atoms with Gasteiger partial charge < -0.3 is 10.2 Å². The van der Waals surface area contributed by atoms with Gasteiger partial charge in [-0.15, -0.1) is 0 Å². The molecule has 0 unspecified atom stereocenters. The van der Waals surface area contributed by atoms with E-state index < -0.39 is 0 Å². The van der Waals surface area contributed by atoms with Crippen molar-refractivity contribution in [3.05, 3.63) is 41.6 Å². The highest BCUT2D eigenvalue weighted by Gasteiger charge is 2.15. The molecule has 2 amide bonds. The van der Waals surface area contributed by atoms with Crippen molar-refractivity contribution in [2.45, 2.75) is 6.92 Å². The molecule has 0 fully saturated rings. The maximum Gasteiger partial charge on any atom is 0.267 e. The minimum absolute atomic E-state index is 0.184. The molecule has 0 aliphatic rings. The Morgan fingerprint density at radius 1 is 1.24 bits per heavy atom. The van der Waals surface area contributed by atoms with E-state index in [2.05, 4.69) is 5.32 Å². The Labute approximate surface area is 101 Å². The Morgan fingerprint density at radius 2 is 1.82 bits per heavy atom. The van der Waals surface area contributed by atoms with Crippen LogP contribution in [-0.4, -0.2) is 30.8 Å². The van der Waals surface area contributed by atoms with Gasteiger partial charge in [0.15, 0.2) is 0 Å². The number of carbonyl (C=O) groups excluding carboxylic acids is 2. The fourth-order valence-corrected chi connectivity index (χ4v) is 1.32. The van der Waals surface area contributed by atoms with Gasteiger partial charge >= 0.3 is 0 Å². The molecule has 1 aromatic rings. The monoisotopic (exact) mass is 232 g/mol. The van der Waals surface area contributed by atoms with Crippen LogP contribution in [0.15, 0.2) is 36.0 Å². The van der Waals surface area contributed by atoms with Crippen LogP contribution in [0.5, 0.6) is 0 Å². The lowest BCUT2D eigenvalue weighted by atomic mass is 10.2. The molecular formula is C13H16N2O2. The molecule has 17 heavy (non-hydrogen) atoms. The van der Waals surface area contributed by atoms with Gasteiger partial charge in [-0.25, -0.2) is 0 Å². The maximum atomic E-state index is 11.7. The fourth-order valence-electron chi connectivity index (χ4n) is 1.32. The number of likely N-dealkylation sites (N-methyl/N-ethyl adjacent to an activating group) is 2. The van der Waals surface area contributed by atoms with Gasteiger partial charge in [-0.2, -0.15) is 0 Å². The van der Waals surface area contributed by atoms with Crippen LogP contribution in [0.4, 0.5) is 0 Å². The van der Waals surface area contributed by atoms with Crippen LogP contribution in [-0.2, 0) is 9.59 Å². The first-order chi connectivity index (χ1) is 8.06. The van der Waals surface area contributed by atoms with Crippen molar-refractivity contribution in [1.29, 1.82) is 0 Å². The molecule has 0 saturated carbocycles. The molecule has 1 rings (SSSR count). The Kier molecular flexibility index (Phi) is 4.46. The van der Waals surface area contributed by atoms with Gasteiger partial charge in [0.25, 0.3) is 5.91 Å². The summed E-state index contributed by atoms with van der Waals surface area (Å²) < 4.78 is 0. The van der Waals surface area contributed by atoms with Crippen LogP contribution in [0.2, 0.25) is 0 Å². The van der Waals surface area contributed by atoms with Crippen LogP contribution >= 0.6 is 0 Å². The summed E-state index contributed by atoms with van der Waals surface area (Å²) in [7, 11) is 3.11. The van der Waals surface area contributed by atoms with Crippen molar-refractivity contribution < 1.29 is 9.59 Å². The van der Waals surface area contributed by atoms with Crippen LogP contribution in [0.25, 0.3) is 6.08 Å². The van der Waals surface area contributed by atoms with Gasteiger partial charge in [0.1, 0.15) is 5.70 Å². The normalized spacial score (nSPS) is 10.9. The quantitative estimate of drug-likeness (QED) is 0.797. The number of hydrogen-bond acceptors (Lipinski definition) is 2. The van der Waals surface area contributed by atoms with E-state index in [9.17, 15) is 9.59 Å². The van der Waals surface area contributed by atoms with Gasteiger partial charge in [-0.05, 0) is 11.6 Å². The molecule has 0 radical (unpaired) electrons. The molecular weight excluding hydrogens is 216 g/mol. The predicted molar refractivity (Wildman–Crippen MR) is 66.9 cm³/mol. The summed E-state index contributed by atoms with van der Waals surface area (Å²) in [6, 6.07) is 9.39. The Morgan fingerprint density at radius 3 is 2.29 bits per heavy atom. The third-order valence-corrected chi connectivity index (χ3v) is 2.40. The van der Waals surface area contributed by atoms with Crippen molar-refractivity contribution in [3.63, 3.8) is 0 Å². The van der Waals surface area contributed by atoms with E-state index in [0.29, 0.717) is 5.70 Å².